The Bertz CT molecular complexity index is 670. The van der Waals surface area contributed by atoms with Gasteiger partial charge in [0.2, 0.25) is 0 Å². The largest absolute Gasteiger partial charge is 0.508 e. The molecule has 0 spiro atoms. The fourth-order valence-electron chi connectivity index (χ4n) is 2.98. The molecule has 0 aromatic heterocycles. The lowest BCUT2D eigenvalue weighted by atomic mass is 9.89. The molecule has 0 amide bonds. The van der Waals surface area contributed by atoms with Crippen LogP contribution in [0.2, 0.25) is 0 Å². The maximum absolute atomic E-state index is 9.69. The van der Waals surface area contributed by atoms with Gasteiger partial charge in [0.05, 0.1) is 6.04 Å². The number of rotatable bonds is 5. The summed E-state index contributed by atoms with van der Waals surface area (Å²) in [7, 11) is 4.08. The van der Waals surface area contributed by atoms with E-state index in [0.29, 0.717) is 12.4 Å². The van der Waals surface area contributed by atoms with Gasteiger partial charge in [-0.25, -0.2) is 0 Å². The first kappa shape index (κ1) is 15.8. The van der Waals surface area contributed by atoms with E-state index in [9.17, 15) is 5.11 Å². The minimum Gasteiger partial charge on any atom is -0.508 e. The molecule has 2 aromatic rings. The molecule has 4 nitrogen and oxygen atoms in total. The highest BCUT2D eigenvalue weighted by atomic mass is 16.5. The van der Waals surface area contributed by atoms with Crippen molar-refractivity contribution < 1.29 is 9.84 Å². The second kappa shape index (κ2) is 7.02. The van der Waals surface area contributed by atoms with Gasteiger partial charge in [-0.15, -0.1) is 0 Å². The van der Waals surface area contributed by atoms with Crippen LogP contribution < -0.4 is 10.1 Å². The molecule has 0 saturated heterocycles. The lowest BCUT2D eigenvalue weighted by molar-refractivity contribution is 0.261. The average Bonchev–Trinajstić information content (AvgIpc) is 2.54. The van der Waals surface area contributed by atoms with Gasteiger partial charge < -0.3 is 20.1 Å². The van der Waals surface area contributed by atoms with E-state index in [-0.39, 0.29) is 6.04 Å². The van der Waals surface area contributed by atoms with Crippen LogP contribution in [0.4, 0.5) is 0 Å². The first-order valence-corrected chi connectivity index (χ1v) is 8.06. The normalized spacial score (nSPS) is 17.1. The molecule has 23 heavy (non-hydrogen) atoms. The van der Waals surface area contributed by atoms with E-state index in [1.54, 1.807) is 6.07 Å². The molecule has 122 valence electrons. The Morgan fingerprint density at radius 2 is 2.09 bits per heavy atom. The van der Waals surface area contributed by atoms with Gasteiger partial charge in [-0.05, 0) is 61.5 Å². The molecule has 1 heterocycles. The van der Waals surface area contributed by atoms with Crippen LogP contribution in [-0.2, 0) is 6.42 Å². The first-order valence-electron chi connectivity index (χ1n) is 8.06. The first-order chi connectivity index (χ1) is 11.1. The number of hydrogen-bond donors (Lipinski definition) is 2. The molecule has 0 bridgehead atoms. The van der Waals surface area contributed by atoms with Crippen molar-refractivity contribution in [2.45, 2.75) is 12.5 Å². The van der Waals surface area contributed by atoms with Crippen molar-refractivity contribution in [2.75, 3.05) is 33.8 Å². The summed E-state index contributed by atoms with van der Waals surface area (Å²) in [5.41, 5.74) is 3.64. The van der Waals surface area contributed by atoms with Gasteiger partial charge in [0, 0.05) is 13.1 Å². The van der Waals surface area contributed by atoms with Crippen LogP contribution >= 0.6 is 0 Å². The zero-order valence-corrected chi connectivity index (χ0v) is 13.7. The second-order valence-corrected chi connectivity index (χ2v) is 6.24. The Morgan fingerprint density at radius 1 is 1.22 bits per heavy atom. The maximum atomic E-state index is 9.69. The minimum absolute atomic E-state index is 0.150. The van der Waals surface area contributed by atoms with Crippen LogP contribution in [0, 0.1) is 0 Å². The molecular formula is C19H24N2O2. The number of aromatic hydroxyl groups is 1. The van der Waals surface area contributed by atoms with Gasteiger partial charge in [-0.2, -0.15) is 0 Å². The van der Waals surface area contributed by atoms with Gasteiger partial charge in [0.15, 0.2) is 0 Å². The second-order valence-electron chi connectivity index (χ2n) is 6.24. The van der Waals surface area contributed by atoms with Crippen molar-refractivity contribution in [3.63, 3.8) is 0 Å². The van der Waals surface area contributed by atoms with E-state index in [2.05, 4.69) is 22.3 Å². The molecule has 0 saturated carbocycles. The Hall–Kier alpha value is -2.04. The Kier molecular flexibility index (Phi) is 4.84. The standard InChI is InChI=1S/C19H24N2O2/c1-21(2)10-11-23-17-5-3-4-15(13-17)19-18-7-6-16(22)12-14(18)8-9-20-19/h3-7,12-13,19-20,22H,8-11H2,1-2H3. The highest BCUT2D eigenvalue weighted by Gasteiger charge is 2.21. The van der Waals surface area contributed by atoms with Crippen molar-refractivity contribution in [2.24, 2.45) is 0 Å². The quantitative estimate of drug-likeness (QED) is 0.891. The third-order valence-corrected chi connectivity index (χ3v) is 4.18. The van der Waals surface area contributed by atoms with Crippen LogP contribution in [0.15, 0.2) is 42.5 Å². The third kappa shape index (κ3) is 3.84. The Morgan fingerprint density at radius 3 is 2.91 bits per heavy atom. The summed E-state index contributed by atoms with van der Waals surface area (Å²) in [6.07, 6.45) is 0.944. The van der Waals surface area contributed by atoms with E-state index in [4.69, 9.17) is 4.74 Å². The fraction of sp³-hybridized carbons (Fsp3) is 0.368. The van der Waals surface area contributed by atoms with Crippen molar-refractivity contribution >= 4 is 0 Å². The van der Waals surface area contributed by atoms with E-state index in [1.807, 2.05) is 38.4 Å². The van der Waals surface area contributed by atoms with Crippen molar-refractivity contribution in [1.29, 1.82) is 0 Å². The van der Waals surface area contributed by atoms with Crippen LogP contribution in [0.25, 0.3) is 0 Å². The topological polar surface area (TPSA) is 44.7 Å². The van der Waals surface area contributed by atoms with Gasteiger partial charge in [-0.1, -0.05) is 18.2 Å². The van der Waals surface area contributed by atoms with Crippen molar-refractivity contribution in [3.8, 4) is 11.5 Å². The number of fused-ring (bicyclic) bond motifs is 1. The van der Waals surface area contributed by atoms with Crippen LogP contribution in [0.1, 0.15) is 22.7 Å². The molecule has 4 heteroatoms. The fourth-order valence-corrected chi connectivity index (χ4v) is 2.98. The number of nitrogens with one attached hydrogen (secondary N) is 1. The number of likely N-dealkylation sites (N-methyl/N-ethyl adjacent to an activating group) is 1. The molecule has 2 aromatic carbocycles. The summed E-state index contributed by atoms with van der Waals surface area (Å²) >= 11 is 0. The van der Waals surface area contributed by atoms with Gasteiger partial charge in [-0.3, -0.25) is 0 Å². The van der Waals surface area contributed by atoms with Crippen molar-refractivity contribution in [1.82, 2.24) is 10.2 Å². The third-order valence-electron chi connectivity index (χ3n) is 4.18. The lowest BCUT2D eigenvalue weighted by Crippen LogP contribution is -2.30. The predicted molar refractivity (Wildman–Crippen MR) is 92.1 cm³/mol. The molecule has 2 N–H and O–H groups in total. The average molecular weight is 312 g/mol. The van der Waals surface area contributed by atoms with Crippen LogP contribution in [-0.4, -0.2) is 43.8 Å². The summed E-state index contributed by atoms with van der Waals surface area (Å²) in [4.78, 5) is 2.11. The van der Waals surface area contributed by atoms with Crippen LogP contribution in [0.3, 0.4) is 0 Å². The summed E-state index contributed by atoms with van der Waals surface area (Å²) in [6.45, 7) is 2.49. The number of phenols is 1. The summed E-state index contributed by atoms with van der Waals surface area (Å²) < 4.78 is 5.85. The van der Waals surface area contributed by atoms with Gasteiger partial charge in [0.25, 0.3) is 0 Å². The molecule has 0 radical (unpaired) electrons. The van der Waals surface area contributed by atoms with E-state index in [1.165, 1.54) is 16.7 Å². The lowest BCUT2D eigenvalue weighted by Gasteiger charge is -2.27. The molecule has 1 aliphatic heterocycles. The molecule has 3 rings (SSSR count). The minimum atomic E-state index is 0.150. The zero-order chi connectivity index (χ0) is 16.2. The monoisotopic (exact) mass is 312 g/mol. The molecule has 1 atom stereocenters. The predicted octanol–water partition coefficient (Wildman–Crippen LogP) is 2.57. The Balaban J connectivity index is 1.80. The molecule has 1 unspecified atom stereocenters. The Labute approximate surface area is 137 Å². The molecule has 1 aliphatic rings. The van der Waals surface area contributed by atoms with E-state index >= 15 is 0 Å². The molecule has 0 aliphatic carbocycles. The summed E-state index contributed by atoms with van der Waals surface area (Å²) in [5.74, 6) is 1.24. The van der Waals surface area contributed by atoms with Crippen LogP contribution in [0.5, 0.6) is 11.5 Å². The molecule has 0 fully saturated rings. The number of benzene rings is 2. The van der Waals surface area contributed by atoms with Gasteiger partial charge in [0.1, 0.15) is 18.1 Å². The summed E-state index contributed by atoms with van der Waals surface area (Å²) in [5, 5.41) is 13.3. The SMILES string of the molecule is CN(C)CCOc1cccc(C2NCCc3cc(O)ccc32)c1. The van der Waals surface area contributed by atoms with E-state index < -0.39 is 0 Å². The number of hydrogen-bond acceptors (Lipinski definition) is 4. The zero-order valence-electron chi connectivity index (χ0n) is 13.7. The number of nitrogens with zero attached hydrogens (tertiary/aromatic N) is 1. The highest BCUT2D eigenvalue weighted by Crippen LogP contribution is 2.32. The smallest absolute Gasteiger partial charge is 0.119 e. The number of phenolic OH excluding ortho intramolecular Hbond substituents is 1. The maximum Gasteiger partial charge on any atom is 0.119 e. The molecular weight excluding hydrogens is 288 g/mol. The summed E-state index contributed by atoms with van der Waals surface area (Å²) in [6, 6.07) is 14.1. The highest BCUT2D eigenvalue weighted by molar-refractivity contribution is 5.44. The van der Waals surface area contributed by atoms with Gasteiger partial charge >= 0.3 is 0 Å². The van der Waals surface area contributed by atoms with E-state index in [0.717, 1.165) is 25.3 Å². The number of ether oxygens (including phenoxy) is 1. The van der Waals surface area contributed by atoms with Crippen molar-refractivity contribution in [3.05, 3.63) is 59.2 Å².